The third-order valence-electron chi connectivity index (χ3n) is 5.48. The molecule has 0 spiro atoms. The summed E-state index contributed by atoms with van der Waals surface area (Å²) in [6, 6.07) is 12.9. The first-order valence-corrected chi connectivity index (χ1v) is 10.5. The van der Waals surface area contributed by atoms with Gasteiger partial charge in [-0.2, -0.15) is 11.4 Å². The highest BCUT2D eigenvalue weighted by Gasteiger charge is 2.08. The molecule has 0 unspecified atom stereocenters. The van der Waals surface area contributed by atoms with Gasteiger partial charge in [-0.3, -0.25) is 0 Å². The molecule has 2 aromatic rings. The Labute approximate surface area is 176 Å². The molecule has 0 atom stereocenters. The summed E-state index contributed by atoms with van der Waals surface area (Å²) < 4.78 is 0. The van der Waals surface area contributed by atoms with Crippen LogP contribution in [-0.2, 0) is 0 Å². The first-order chi connectivity index (χ1) is 13.8. The molecule has 2 aromatic carbocycles. The van der Waals surface area contributed by atoms with Crippen molar-refractivity contribution in [3.05, 3.63) is 104 Å². The van der Waals surface area contributed by atoms with Gasteiger partial charge in [0.05, 0.1) is 0 Å². The van der Waals surface area contributed by atoms with Crippen molar-refractivity contribution in [1.29, 1.82) is 0 Å². The summed E-state index contributed by atoms with van der Waals surface area (Å²) >= 11 is 0. The highest BCUT2D eigenvalue weighted by atomic mass is 15.0. The average Bonchev–Trinajstić information content (AvgIpc) is 2.68. The number of para-hydroxylation sites is 1. The Balaban J connectivity index is 1.97. The Hall–Kier alpha value is -2.74. The lowest BCUT2D eigenvalue weighted by atomic mass is 9.92. The fraction of sp³-hybridized carbons (Fsp3) is 0.333. The molecule has 0 saturated carbocycles. The summed E-state index contributed by atoms with van der Waals surface area (Å²) in [5.41, 5.74) is 10.3. The minimum atomic E-state index is 0.425. The fourth-order valence-electron chi connectivity index (χ4n) is 3.86. The first kappa shape index (κ1) is 21.0. The lowest BCUT2D eigenvalue weighted by Crippen LogP contribution is -1.99. The maximum atomic E-state index is 5.11. The molecule has 1 aliphatic heterocycles. The zero-order valence-corrected chi connectivity index (χ0v) is 18.7. The molecule has 0 fully saturated rings. The van der Waals surface area contributed by atoms with Crippen molar-refractivity contribution in [3.8, 4) is 0 Å². The molecule has 3 rings (SSSR count). The van der Waals surface area contributed by atoms with E-state index < -0.39 is 0 Å². The number of rotatable bonds is 5. The number of aryl methyl sites for hydroxylation is 2. The minimum absolute atomic E-state index is 0.425. The third-order valence-corrected chi connectivity index (χ3v) is 5.48. The predicted octanol–water partition coefficient (Wildman–Crippen LogP) is 8.77. The molecular weight excluding hydrogens is 352 g/mol. The molecule has 0 saturated heterocycles. The summed E-state index contributed by atoms with van der Waals surface area (Å²) in [5, 5.41) is 10.1. The van der Waals surface area contributed by atoms with E-state index in [9.17, 15) is 0 Å². The second-order valence-corrected chi connectivity index (χ2v) is 8.47. The van der Waals surface area contributed by atoms with Crippen molar-refractivity contribution < 1.29 is 0 Å². The van der Waals surface area contributed by atoms with E-state index in [2.05, 4.69) is 103 Å². The molecule has 152 valence electrons. The highest BCUT2D eigenvalue weighted by Crippen LogP contribution is 2.42. The van der Waals surface area contributed by atoms with Crippen molar-refractivity contribution in [2.75, 3.05) is 0 Å². The molecule has 0 aliphatic carbocycles. The molecular formula is C27H32N2-2. The quantitative estimate of drug-likeness (QED) is 0.493. The van der Waals surface area contributed by atoms with Crippen molar-refractivity contribution in [3.63, 3.8) is 0 Å². The van der Waals surface area contributed by atoms with Crippen molar-refractivity contribution >= 4 is 11.4 Å². The van der Waals surface area contributed by atoms with Gasteiger partial charge in [-0.15, -0.1) is 11.4 Å². The Morgan fingerprint density at radius 3 is 1.97 bits per heavy atom. The van der Waals surface area contributed by atoms with Gasteiger partial charge in [-0.05, 0) is 42.4 Å². The smallest absolute Gasteiger partial charge is 0.0231 e. The molecule has 0 radical (unpaired) electrons. The number of nitrogens with zero attached hydrogens (tertiary/aromatic N) is 2. The molecule has 2 heteroatoms. The molecule has 1 heterocycles. The largest absolute Gasteiger partial charge is 0.662 e. The lowest BCUT2D eigenvalue weighted by Gasteiger charge is -2.40. The zero-order chi connectivity index (χ0) is 21.1. The number of hydrogen-bond acceptors (Lipinski definition) is 0. The van der Waals surface area contributed by atoms with Crippen LogP contribution in [-0.4, -0.2) is 0 Å². The molecule has 0 N–H and O–H groups in total. The normalized spacial score (nSPS) is 15.4. The van der Waals surface area contributed by atoms with Gasteiger partial charge in [0.2, 0.25) is 0 Å². The summed E-state index contributed by atoms with van der Waals surface area (Å²) in [4.78, 5) is 0. The van der Waals surface area contributed by atoms with Crippen LogP contribution in [0.1, 0.15) is 74.3 Å². The molecule has 1 aliphatic rings. The van der Waals surface area contributed by atoms with Crippen molar-refractivity contribution in [1.82, 2.24) is 0 Å². The van der Waals surface area contributed by atoms with Crippen molar-refractivity contribution in [2.24, 2.45) is 0 Å². The molecule has 2 nitrogen and oxygen atoms in total. The lowest BCUT2D eigenvalue weighted by molar-refractivity contribution is 0.839. The van der Waals surface area contributed by atoms with Crippen LogP contribution >= 0.6 is 0 Å². The van der Waals surface area contributed by atoms with Gasteiger partial charge < -0.3 is 10.6 Å². The van der Waals surface area contributed by atoms with Gasteiger partial charge in [0.15, 0.2) is 0 Å². The van der Waals surface area contributed by atoms with Gasteiger partial charge in [0, 0.05) is 0 Å². The van der Waals surface area contributed by atoms with Crippen LogP contribution < -0.4 is 0 Å². The van der Waals surface area contributed by atoms with Crippen LogP contribution in [0.2, 0.25) is 0 Å². The van der Waals surface area contributed by atoms with Crippen LogP contribution in [0.25, 0.3) is 16.3 Å². The highest BCUT2D eigenvalue weighted by molar-refractivity contribution is 5.84. The molecule has 0 amide bonds. The second-order valence-electron chi connectivity index (χ2n) is 8.47. The predicted molar refractivity (Wildman–Crippen MR) is 127 cm³/mol. The Morgan fingerprint density at radius 2 is 1.41 bits per heavy atom. The standard InChI is InChI=1S/C27H32N2/c1-17(2)22-13-9-14-23(18(3)4)27(22)28-21(7)24-15-10-16-25(29-24)26-19(5)11-8-12-20(26)6/h8-18H,1-7H3/q-2/b24-21+. The summed E-state index contributed by atoms with van der Waals surface area (Å²) in [6.45, 7) is 15.3. The van der Waals surface area contributed by atoms with Crippen LogP contribution in [0.3, 0.4) is 0 Å². The van der Waals surface area contributed by atoms with Crippen molar-refractivity contribution in [2.45, 2.75) is 60.3 Å². The zero-order valence-electron chi connectivity index (χ0n) is 18.7. The number of benzene rings is 2. The van der Waals surface area contributed by atoms with Crippen LogP contribution in [0.4, 0.5) is 5.69 Å². The summed E-state index contributed by atoms with van der Waals surface area (Å²) in [7, 11) is 0. The van der Waals surface area contributed by atoms with Gasteiger partial charge >= 0.3 is 0 Å². The van der Waals surface area contributed by atoms with Gasteiger partial charge in [0.1, 0.15) is 0 Å². The maximum absolute atomic E-state index is 5.11. The molecule has 29 heavy (non-hydrogen) atoms. The van der Waals surface area contributed by atoms with Crippen LogP contribution in [0.15, 0.2) is 66.0 Å². The average molecular weight is 385 g/mol. The van der Waals surface area contributed by atoms with E-state index in [1.165, 1.54) is 27.8 Å². The molecule has 0 aromatic heterocycles. The minimum Gasteiger partial charge on any atom is -0.662 e. The van der Waals surface area contributed by atoms with E-state index in [-0.39, 0.29) is 0 Å². The van der Waals surface area contributed by atoms with E-state index in [0.717, 1.165) is 22.8 Å². The van der Waals surface area contributed by atoms with Crippen LogP contribution in [0, 0.1) is 13.8 Å². The summed E-state index contributed by atoms with van der Waals surface area (Å²) in [6.07, 6.45) is 6.23. The van der Waals surface area contributed by atoms with Crippen LogP contribution in [0.5, 0.6) is 0 Å². The Morgan fingerprint density at radius 1 is 0.862 bits per heavy atom. The van der Waals surface area contributed by atoms with E-state index >= 15 is 0 Å². The van der Waals surface area contributed by atoms with E-state index in [1.54, 1.807) is 0 Å². The monoisotopic (exact) mass is 384 g/mol. The third kappa shape index (κ3) is 4.48. The first-order valence-electron chi connectivity index (χ1n) is 10.5. The Kier molecular flexibility index (Phi) is 6.32. The number of hydrogen-bond donors (Lipinski definition) is 0. The topological polar surface area (TPSA) is 28.2 Å². The fourth-order valence-corrected chi connectivity index (χ4v) is 3.86. The van der Waals surface area contributed by atoms with E-state index in [4.69, 9.17) is 10.6 Å². The number of allylic oxidation sites excluding steroid dienone is 4. The van der Waals surface area contributed by atoms with Gasteiger partial charge in [0.25, 0.3) is 0 Å². The molecule has 0 bridgehead atoms. The van der Waals surface area contributed by atoms with Gasteiger partial charge in [-0.1, -0.05) is 100 Å². The summed E-state index contributed by atoms with van der Waals surface area (Å²) in [5.74, 6) is 0.850. The Bertz CT molecular complexity index is 941. The van der Waals surface area contributed by atoms with E-state index in [0.29, 0.717) is 11.8 Å². The van der Waals surface area contributed by atoms with Gasteiger partial charge in [-0.25, -0.2) is 0 Å². The maximum Gasteiger partial charge on any atom is -0.0231 e. The van der Waals surface area contributed by atoms with E-state index in [1.807, 2.05) is 0 Å². The SMILES string of the molecule is C/C([N-]c1c(C(C)C)cccc1C(C)C)=C1/C=CC=C(c2c(C)cccc2C)[N-]1. The second kappa shape index (κ2) is 8.73.